The first-order valence-corrected chi connectivity index (χ1v) is 9.29. The van der Waals surface area contributed by atoms with Gasteiger partial charge in [-0.3, -0.25) is 10.1 Å². The van der Waals surface area contributed by atoms with E-state index in [4.69, 9.17) is 22.2 Å². The molecule has 140 valence electrons. The van der Waals surface area contributed by atoms with E-state index in [1.54, 1.807) is 24.3 Å². The lowest BCUT2D eigenvalue weighted by Gasteiger charge is -2.24. The van der Waals surface area contributed by atoms with Crippen LogP contribution in [0.5, 0.6) is 5.75 Å². The minimum Gasteiger partial charge on any atom is -0.494 e. The molecule has 0 heterocycles. The third-order valence-corrected chi connectivity index (χ3v) is 4.30. The number of benzene rings is 2. The molecular formula is C21H23N3O2S. The predicted molar refractivity (Wildman–Crippen MR) is 110 cm³/mol. The smallest absolute Gasteiger partial charge is 0.257 e. The molecule has 1 N–H and O–H groups in total. The highest BCUT2D eigenvalue weighted by molar-refractivity contribution is 7.80. The van der Waals surface area contributed by atoms with Gasteiger partial charge in [0.2, 0.25) is 0 Å². The Balaban J connectivity index is 1.97. The van der Waals surface area contributed by atoms with E-state index in [2.05, 4.69) is 11.4 Å². The van der Waals surface area contributed by atoms with E-state index in [1.807, 2.05) is 42.2 Å². The second kappa shape index (κ2) is 10.9. The summed E-state index contributed by atoms with van der Waals surface area (Å²) >= 11 is 5.41. The van der Waals surface area contributed by atoms with Crippen LogP contribution in [-0.2, 0) is 6.42 Å². The van der Waals surface area contributed by atoms with Crippen LogP contribution in [0.4, 0.5) is 0 Å². The molecule has 0 spiro atoms. The summed E-state index contributed by atoms with van der Waals surface area (Å²) in [5.41, 5.74) is 1.68. The first kappa shape index (κ1) is 20.4. The molecule has 5 nitrogen and oxygen atoms in total. The molecular weight excluding hydrogens is 358 g/mol. The van der Waals surface area contributed by atoms with Crippen molar-refractivity contribution in [1.29, 1.82) is 5.26 Å². The molecule has 2 rings (SSSR count). The third-order valence-electron chi connectivity index (χ3n) is 3.94. The van der Waals surface area contributed by atoms with Crippen LogP contribution >= 0.6 is 12.2 Å². The van der Waals surface area contributed by atoms with Crippen LogP contribution in [0.25, 0.3) is 0 Å². The molecule has 0 aliphatic rings. The fourth-order valence-electron chi connectivity index (χ4n) is 2.53. The van der Waals surface area contributed by atoms with Gasteiger partial charge in [0.05, 0.1) is 19.1 Å². The highest BCUT2D eigenvalue weighted by Gasteiger charge is 2.14. The van der Waals surface area contributed by atoms with Gasteiger partial charge in [-0.2, -0.15) is 5.26 Å². The molecule has 0 bridgehead atoms. The van der Waals surface area contributed by atoms with Crippen LogP contribution in [0.15, 0.2) is 54.6 Å². The molecule has 0 aliphatic carbocycles. The number of hydrogen-bond donors (Lipinski definition) is 1. The van der Waals surface area contributed by atoms with Crippen molar-refractivity contribution in [2.24, 2.45) is 0 Å². The molecule has 0 fully saturated rings. The van der Waals surface area contributed by atoms with Gasteiger partial charge in [0.15, 0.2) is 5.11 Å². The van der Waals surface area contributed by atoms with E-state index >= 15 is 0 Å². The maximum absolute atomic E-state index is 12.4. The van der Waals surface area contributed by atoms with E-state index in [1.165, 1.54) is 5.56 Å². The quantitative estimate of drug-likeness (QED) is 0.708. The van der Waals surface area contributed by atoms with E-state index in [-0.39, 0.29) is 5.91 Å². The van der Waals surface area contributed by atoms with Gasteiger partial charge in [-0.25, -0.2) is 0 Å². The van der Waals surface area contributed by atoms with Crippen molar-refractivity contribution in [3.8, 4) is 11.8 Å². The van der Waals surface area contributed by atoms with Crippen molar-refractivity contribution < 1.29 is 9.53 Å². The van der Waals surface area contributed by atoms with Gasteiger partial charge >= 0.3 is 0 Å². The van der Waals surface area contributed by atoms with Gasteiger partial charge < -0.3 is 9.64 Å². The number of hydrogen-bond acceptors (Lipinski definition) is 4. The molecule has 0 aliphatic heterocycles. The zero-order valence-electron chi connectivity index (χ0n) is 15.4. The number of nitrogens with zero attached hydrogens (tertiary/aromatic N) is 2. The average molecular weight is 382 g/mol. The summed E-state index contributed by atoms with van der Waals surface area (Å²) in [6.45, 7) is 3.59. The Morgan fingerprint density at radius 1 is 1.15 bits per heavy atom. The van der Waals surface area contributed by atoms with Crippen LogP contribution < -0.4 is 10.1 Å². The lowest BCUT2D eigenvalue weighted by atomic mass is 10.1. The van der Waals surface area contributed by atoms with Crippen molar-refractivity contribution in [2.45, 2.75) is 19.8 Å². The fraction of sp³-hybridized carbons (Fsp3) is 0.286. The average Bonchev–Trinajstić information content (AvgIpc) is 2.69. The number of carbonyl (C=O) groups excluding carboxylic acids is 1. The molecule has 2 aromatic carbocycles. The lowest BCUT2D eigenvalue weighted by Crippen LogP contribution is -2.44. The van der Waals surface area contributed by atoms with E-state index < -0.39 is 0 Å². The molecule has 0 saturated heterocycles. The number of thiocarbonyl (C=S) groups is 1. The number of ether oxygens (including phenoxy) is 1. The normalized spacial score (nSPS) is 9.93. The van der Waals surface area contributed by atoms with Crippen LogP contribution in [0.1, 0.15) is 29.3 Å². The monoisotopic (exact) mass is 381 g/mol. The predicted octanol–water partition coefficient (Wildman–Crippen LogP) is 3.56. The molecule has 27 heavy (non-hydrogen) atoms. The Labute approximate surface area is 165 Å². The molecule has 1 amide bonds. The molecule has 6 heteroatoms. The van der Waals surface area contributed by atoms with Gasteiger partial charge in [0.1, 0.15) is 5.75 Å². The number of rotatable bonds is 8. The second-order valence-corrected chi connectivity index (χ2v) is 6.23. The number of carbonyl (C=O) groups is 1. The molecule has 0 aromatic heterocycles. The van der Waals surface area contributed by atoms with Crippen molar-refractivity contribution in [2.75, 3.05) is 19.7 Å². The summed E-state index contributed by atoms with van der Waals surface area (Å²) in [6, 6.07) is 19.1. The van der Waals surface area contributed by atoms with Crippen LogP contribution in [0.3, 0.4) is 0 Å². The van der Waals surface area contributed by atoms with Crippen molar-refractivity contribution in [3.63, 3.8) is 0 Å². The van der Waals surface area contributed by atoms with Crippen molar-refractivity contribution in [3.05, 3.63) is 65.7 Å². The zero-order valence-corrected chi connectivity index (χ0v) is 16.2. The Morgan fingerprint density at radius 2 is 1.85 bits per heavy atom. The van der Waals surface area contributed by atoms with Crippen molar-refractivity contribution in [1.82, 2.24) is 10.2 Å². The minimum atomic E-state index is -0.273. The SMILES string of the molecule is CCOc1ccc(C(=O)NC(=S)N(CCC#N)CCc2ccccc2)cc1. The molecule has 0 saturated carbocycles. The first-order chi connectivity index (χ1) is 13.1. The summed E-state index contributed by atoms with van der Waals surface area (Å²) in [7, 11) is 0. The Hall–Kier alpha value is -2.91. The topological polar surface area (TPSA) is 65.4 Å². The van der Waals surface area contributed by atoms with E-state index in [9.17, 15) is 4.79 Å². The van der Waals surface area contributed by atoms with Gasteiger partial charge in [-0.05, 0) is 55.4 Å². The fourth-order valence-corrected chi connectivity index (χ4v) is 2.80. The van der Waals surface area contributed by atoms with Gasteiger partial charge in [-0.1, -0.05) is 30.3 Å². The number of amides is 1. The Kier molecular flexibility index (Phi) is 8.27. The molecule has 0 atom stereocenters. The molecule has 2 aromatic rings. The first-order valence-electron chi connectivity index (χ1n) is 8.88. The lowest BCUT2D eigenvalue weighted by molar-refractivity contribution is 0.0973. The highest BCUT2D eigenvalue weighted by Crippen LogP contribution is 2.12. The molecule has 0 radical (unpaired) electrons. The van der Waals surface area contributed by atoms with Gasteiger partial charge in [0, 0.05) is 18.7 Å². The highest BCUT2D eigenvalue weighted by atomic mass is 32.1. The van der Waals surface area contributed by atoms with Crippen LogP contribution in [0, 0.1) is 11.3 Å². The summed E-state index contributed by atoms with van der Waals surface area (Å²) in [5.74, 6) is 0.444. The Morgan fingerprint density at radius 3 is 2.48 bits per heavy atom. The summed E-state index contributed by atoms with van der Waals surface area (Å²) in [5, 5.41) is 12.0. The minimum absolute atomic E-state index is 0.273. The van der Waals surface area contributed by atoms with Gasteiger partial charge in [-0.15, -0.1) is 0 Å². The summed E-state index contributed by atoms with van der Waals surface area (Å²) in [6.07, 6.45) is 1.12. The van der Waals surface area contributed by atoms with E-state index in [0.29, 0.717) is 36.8 Å². The number of nitrogens with one attached hydrogen (secondary N) is 1. The molecule has 0 unspecified atom stereocenters. The number of nitriles is 1. The van der Waals surface area contributed by atoms with Crippen LogP contribution in [0.2, 0.25) is 0 Å². The largest absolute Gasteiger partial charge is 0.494 e. The maximum atomic E-state index is 12.4. The van der Waals surface area contributed by atoms with E-state index in [0.717, 1.165) is 12.2 Å². The van der Waals surface area contributed by atoms with Gasteiger partial charge in [0.25, 0.3) is 5.91 Å². The van der Waals surface area contributed by atoms with Crippen molar-refractivity contribution >= 4 is 23.2 Å². The third kappa shape index (κ3) is 6.72. The van der Waals surface area contributed by atoms with Crippen LogP contribution in [-0.4, -0.2) is 35.6 Å². The maximum Gasteiger partial charge on any atom is 0.257 e. The summed E-state index contributed by atoms with van der Waals surface area (Å²) in [4.78, 5) is 14.3. The second-order valence-electron chi connectivity index (χ2n) is 5.85. The standard InChI is InChI=1S/C21H23N3O2S/c1-2-26-19-11-9-18(10-12-19)20(25)23-21(27)24(15-6-14-22)16-13-17-7-4-3-5-8-17/h3-5,7-12H,2,6,13,15-16H2,1H3,(H,23,25,27). The summed E-state index contributed by atoms with van der Waals surface area (Å²) < 4.78 is 5.38. The zero-order chi connectivity index (χ0) is 19.5. The Bertz CT molecular complexity index is 785.